The molecule has 0 aliphatic heterocycles. The first-order valence-corrected chi connectivity index (χ1v) is 6.93. The summed E-state index contributed by atoms with van der Waals surface area (Å²) in [6.45, 7) is 6.20. The van der Waals surface area contributed by atoms with E-state index in [0.29, 0.717) is 19.6 Å². The lowest BCUT2D eigenvalue weighted by atomic mass is 10.2. The van der Waals surface area contributed by atoms with Gasteiger partial charge in [0.05, 0.1) is 6.54 Å². The average molecular weight is 271 g/mol. The van der Waals surface area contributed by atoms with Gasteiger partial charge in [0.1, 0.15) is 0 Å². The molecule has 0 spiro atoms. The Morgan fingerprint density at radius 1 is 1.30 bits per heavy atom. The van der Waals surface area contributed by atoms with Crippen molar-refractivity contribution in [2.45, 2.75) is 13.0 Å². The van der Waals surface area contributed by atoms with E-state index < -0.39 is 0 Å². The van der Waals surface area contributed by atoms with E-state index in [9.17, 15) is 4.79 Å². The number of para-hydroxylation sites is 1. The number of carbonyl (C=O) groups is 1. The van der Waals surface area contributed by atoms with Crippen LogP contribution in [0.1, 0.15) is 6.42 Å². The van der Waals surface area contributed by atoms with Crippen molar-refractivity contribution in [3.8, 4) is 0 Å². The highest BCUT2D eigenvalue weighted by molar-refractivity contribution is 5.80. The van der Waals surface area contributed by atoms with Crippen LogP contribution in [0.15, 0.2) is 49.2 Å². The quantitative estimate of drug-likeness (QED) is 0.569. The van der Waals surface area contributed by atoms with Crippen LogP contribution in [0.25, 0.3) is 10.9 Å². The summed E-state index contributed by atoms with van der Waals surface area (Å²) >= 11 is 0. The minimum absolute atomic E-state index is 0.0317. The monoisotopic (exact) mass is 271 g/mol. The van der Waals surface area contributed by atoms with Gasteiger partial charge in [-0.05, 0) is 23.9 Å². The maximum atomic E-state index is 11.5. The molecule has 4 nitrogen and oxygen atoms in total. The summed E-state index contributed by atoms with van der Waals surface area (Å²) in [5.41, 5.74) is 1.24. The molecule has 1 amide bonds. The van der Waals surface area contributed by atoms with E-state index in [0.717, 1.165) is 13.0 Å². The molecule has 0 saturated heterocycles. The SMILES string of the molecule is C=CCNCC(=O)NCCCn1ccc2ccccc21. The molecule has 0 fully saturated rings. The van der Waals surface area contributed by atoms with Crippen LogP contribution in [0.2, 0.25) is 0 Å². The zero-order valence-corrected chi connectivity index (χ0v) is 11.6. The van der Waals surface area contributed by atoms with Gasteiger partial charge in [0, 0.05) is 31.3 Å². The third-order valence-corrected chi connectivity index (χ3v) is 3.15. The normalized spacial score (nSPS) is 10.6. The number of aromatic nitrogens is 1. The van der Waals surface area contributed by atoms with Gasteiger partial charge >= 0.3 is 0 Å². The van der Waals surface area contributed by atoms with Crippen LogP contribution in [-0.2, 0) is 11.3 Å². The predicted molar refractivity (Wildman–Crippen MR) is 82.6 cm³/mol. The fourth-order valence-electron chi connectivity index (χ4n) is 2.16. The van der Waals surface area contributed by atoms with Gasteiger partial charge in [-0.15, -0.1) is 6.58 Å². The number of nitrogens with zero attached hydrogens (tertiary/aromatic N) is 1. The molecule has 0 aliphatic rings. The lowest BCUT2D eigenvalue weighted by Gasteiger charge is -2.07. The molecule has 0 bridgehead atoms. The third kappa shape index (κ3) is 3.96. The fraction of sp³-hybridized carbons (Fsp3) is 0.312. The molecule has 2 N–H and O–H groups in total. The van der Waals surface area contributed by atoms with E-state index in [2.05, 4.69) is 46.2 Å². The summed E-state index contributed by atoms with van der Waals surface area (Å²) in [4.78, 5) is 11.5. The van der Waals surface area contributed by atoms with E-state index in [1.807, 2.05) is 12.1 Å². The van der Waals surface area contributed by atoms with E-state index in [-0.39, 0.29) is 5.91 Å². The van der Waals surface area contributed by atoms with E-state index in [1.165, 1.54) is 10.9 Å². The average Bonchev–Trinajstić information content (AvgIpc) is 2.87. The number of benzene rings is 1. The highest BCUT2D eigenvalue weighted by Crippen LogP contribution is 2.14. The highest BCUT2D eigenvalue weighted by atomic mass is 16.1. The Bertz CT molecular complexity index is 574. The van der Waals surface area contributed by atoms with Gasteiger partial charge in [0.15, 0.2) is 0 Å². The van der Waals surface area contributed by atoms with Crippen molar-refractivity contribution in [1.29, 1.82) is 0 Å². The van der Waals surface area contributed by atoms with Crippen molar-refractivity contribution in [3.05, 3.63) is 49.2 Å². The topological polar surface area (TPSA) is 46.1 Å². The van der Waals surface area contributed by atoms with Gasteiger partial charge in [0.2, 0.25) is 5.91 Å². The minimum atomic E-state index is 0.0317. The van der Waals surface area contributed by atoms with Crippen molar-refractivity contribution in [3.63, 3.8) is 0 Å². The van der Waals surface area contributed by atoms with Gasteiger partial charge in [-0.1, -0.05) is 24.3 Å². The zero-order chi connectivity index (χ0) is 14.2. The molecule has 1 heterocycles. The number of aryl methyl sites for hydroxylation is 1. The van der Waals surface area contributed by atoms with E-state index in [1.54, 1.807) is 6.08 Å². The van der Waals surface area contributed by atoms with E-state index >= 15 is 0 Å². The van der Waals surface area contributed by atoms with E-state index in [4.69, 9.17) is 0 Å². The van der Waals surface area contributed by atoms with Crippen molar-refractivity contribution in [2.24, 2.45) is 0 Å². The molecular weight excluding hydrogens is 250 g/mol. The Morgan fingerprint density at radius 2 is 2.15 bits per heavy atom. The van der Waals surface area contributed by atoms with Crippen molar-refractivity contribution >= 4 is 16.8 Å². The molecule has 2 aromatic rings. The number of nitrogens with one attached hydrogen (secondary N) is 2. The second kappa shape index (κ2) is 7.50. The van der Waals surface area contributed by atoms with Gasteiger partial charge in [-0.3, -0.25) is 4.79 Å². The zero-order valence-electron chi connectivity index (χ0n) is 11.6. The lowest BCUT2D eigenvalue weighted by Crippen LogP contribution is -2.34. The first-order valence-electron chi connectivity index (χ1n) is 6.93. The Hall–Kier alpha value is -2.07. The van der Waals surface area contributed by atoms with Crippen molar-refractivity contribution in [2.75, 3.05) is 19.6 Å². The second-order valence-corrected chi connectivity index (χ2v) is 4.69. The summed E-state index contributed by atoms with van der Waals surface area (Å²) in [6.07, 6.45) is 4.76. The van der Waals surface area contributed by atoms with Crippen LogP contribution in [0.5, 0.6) is 0 Å². The molecule has 1 aromatic carbocycles. The molecule has 0 unspecified atom stereocenters. The summed E-state index contributed by atoms with van der Waals surface area (Å²) in [5.74, 6) is 0.0317. The number of amides is 1. The smallest absolute Gasteiger partial charge is 0.233 e. The molecular formula is C16H21N3O. The van der Waals surface area contributed by atoms with Crippen LogP contribution < -0.4 is 10.6 Å². The standard InChI is InChI=1S/C16H21N3O/c1-2-9-17-13-16(20)18-10-5-11-19-12-8-14-6-3-4-7-15(14)19/h2-4,6-8,12,17H,1,5,9-11,13H2,(H,18,20). The lowest BCUT2D eigenvalue weighted by molar-refractivity contribution is -0.120. The molecule has 106 valence electrons. The Kier molecular flexibility index (Phi) is 5.38. The number of hydrogen-bond acceptors (Lipinski definition) is 2. The molecule has 0 radical (unpaired) electrons. The first-order chi connectivity index (χ1) is 9.81. The van der Waals surface area contributed by atoms with Crippen molar-refractivity contribution < 1.29 is 4.79 Å². The number of hydrogen-bond donors (Lipinski definition) is 2. The molecule has 20 heavy (non-hydrogen) atoms. The number of carbonyl (C=O) groups excluding carboxylic acids is 1. The maximum Gasteiger partial charge on any atom is 0.233 e. The molecule has 4 heteroatoms. The molecule has 2 rings (SSSR count). The summed E-state index contributed by atoms with van der Waals surface area (Å²) < 4.78 is 2.22. The summed E-state index contributed by atoms with van der Waals surface area (Å²) in [7, 11) is 0. The van der Waals surface area contributed by atoms with Crippen LogP contribution in [0, 0.1) is 0 Å². The molecule has 0 saturated carbocycles. The van der Waals surface area contributed by atoms with Gasteiger partial charge in [-0.25, -0.2) is 0 Å². The number of fused-ring (bicyclic) bond motifs is 1. The minimum Gasteiger partial charge on any atom is -0.355 e. The Balaban J connectivity index is 1.71. The van der Waals surface area contributed by atoms with Gasteiger partial charge < -0.3 is 15.2 Å². The molecule has 1 aromatic heterocycles. The van der Waals surface area contributed by atoms with Crippen molar-refractivity contribution in [1.82, 2.24) is 15.2 Å². The van der Waals surface area contributed by atoms with Crippen LogP contribution in [-0.4, -0.2) is 30.1 Å². The molecule has 0 atom stereocenters. The summed E-state index contributed by atoms with van der Waals surface area (Å²) in [5, 5.41) is 7.14. The third-order valence-electron chi connectivity index (χ3n) is 3.15. The largest absolute Gasteiger partial charge is 0.355 e. The highest BCUT2D eigenvalue weighted by Gasteiger charge is 2.01. The second-order valence-electron chi connectivity index (χ2n) is 4.69. The van der Waals surface area contributed by atoms with Crippen LogP contribution in [0.3, 0.4) is 0 Å². The summed E-state index contributed by atoms with van der Waals surface area (Å²) in [6, 6.07) is 10.4. The van der Waals surface area contributed by atoms with Crippen LogP contribution >= 0.6 is 0 Å². The maximum absolute atomic E-state index is 11.5. The van der Waals surface area contributed by atoms with Gasteiger partial charge in [-0.2, -0.15) is 0 Å². The fourth-order valence-corrected chi connectivity index (χ4v) is 2.16. The predicted octanol–water partition coefficient (Wildman–Crippen LogP) is 1.92. The van der Waals surface area contributed by atoms with Crippen LogP contribution in [0.4, 0.5) is 0 Å². The Labute approximate surface area is 119 Å². The number of rotatable bonds is 8. The first kappa shape index (κ1) is 14.3. The van der Waals surface area contributed by atoms with Gasteiger partial charge in [0.25, 0.3) is 0 Å². The molecule has 0 aliphatic carbocycles. The Morgan fingerprint density at radius 3 is 3.00 bits per heavy atom.